The van der Waals surface area contributed by atoms with Gasteiger partial charge in [0.2, 0.25) is 0 Å². The summed E-state index contributed by atoms with van der Waals surface area (Å²) in [5, 5.41) is 3.11. The predicted octanol–water partition coefficient (Wildman–Crippen LogP) is 2.35. The summed E-state index contributed by atoms with van der Waals surface area (Å²) in [7, 11) is 1.91. The van der Waals surface area contributed by atoms with Crippen molar-refractivity contribution in [3.05, 3.63) is 29.0 Å². The van der Waals surface area contributed by atoms with Gasteiger partial charge < -0.3 is 15.0 Å². The lowest BCUT2D eigenvalue weighted by atomic mass is 10.1. The number of amides is 1. The van der Waals surface area contributed by atoms with Gasteiger partial charge in [-0.05, 0) is 38.1 Å². The lowest BCUT2D eigenvalue weighted by Crippen LogP contribution is -2.34. The van der Waals surface area contributed by atoms with Crippen molar-refractivity contribution >= 4 is 29.9 Å². The highest BCUT2D eigenvalue weighted by atomic mass is 35.5. The molecule has 21 heavy (non-hydrogen) atoms. The topological polar surface area (TPSA) is 41.6 Å². The number of nitrogens with one attached hydrogen (secondary N) is 1. The highest BCUT2D eigenvalue weighted by Gasteiger charge is 2.25. The Morgan fingerprint density at radius 1 is 1.57 bits per heavy atom. The zero-order valence-electron chi connectivity index (χ0n) is 11.8. The van der Waals surface area contributed by atoms with Crippen molar-refractivity contribution < 1.29 is 13.9 Å². The molecular formula is C14H19Cl2FN2O2. The molecule has 4 nitrogen and oxygen atoms in total. The number of hydrogen-bond acceptors (Lipinski definition) is 3. The van der Waals surface area contributed by atoms with Crippen LogP contribution in [0.15, 0.2) is 18.2 Å². The average Bonchev–Trinajstić information content (AvgIpc) is 2.89. The Balaban J connectivity index is 0.00000220. The van der Waals surface area contributed by atoms with E-state index in [-0.39, 0.29) is 29.9 Å². The minimum Gasteiger partial charge on any atom is -0.484 e. The highest BCUT2D eigenvalue weighted by molar-refractivity contribution is 6.30. The number of halogens is 3. The van der Waals surface area contributed by atoms with Crippen LogP contribution in [0.1, 0.15) is 6.42 Å². The monoisotopic (exact) mass is 336 g/mol. The molecule has 1 aliphatic rings. The number of nitrogens with zero attached hydrogens (tertiary/aromatic N) is 1. The van der Waals surface area contributed by atoms with Gasteiger partial charge in [0.05, 0.1) is 5.02 Å². The number of carbonyl (C=O) groups is 1. The molecule has 0 spiro atoms. The molecule has 1 amide bonds. The summed E-state index contributed by atoms with van der Waals surface area (Å²) < 4.78 is 18.3. The molecule has 1 aromatic carbocycles. The first-order valence-electron chi connectivity index (χ1n) is 6.60. The van der Waals surface area contributed by atoms with Crippen LogP contribution in [0.4, 0.5) is 4.39 Å². The molecule has 1 heterocycles. The van der Waals surface area contributed by atoms with Gasteiger partial charge in [-0.1, -0.05) is 11.6 Å². The first kappa shape index (κ1) is 18.0. The van der Waals surface area contributed by atoms with Gasteiger partial charge in [-0.15, -0.1) is 12.4 Å². The van der Waals surface area contributed by atoms with Crippen LogP contribution >= 0.6 is 24.0 Å². The highest BCUT2D eigenvalue weighted by Crippen LogP contribution is 2.21. The summed E-state index contributed by atoms with van der Waals surface area (Å²) in [6.07, 6.45) is 1.01. The molecule has 0 saturated carbocycles. The van der Waals surface area contributed by atoms with E-state index in [0.29, 0.717) is 11.7 Å². The Hall–Kier alpha value is -1.04. The number of carbonyl (C=O) groups excluding carboxylic acids is 1. The van der Waals surface area contributed by atoms with Crippen LogP contribution in [0.2, 0.25) is 5.02 Å². The molecule has 118 valence electrons. The van der Waals surface area contributed by atoms with Gasteiger partial charge in [0.1, 0.15) is 11.6 Å². The molecule has 1 fully saturated rings. The van der Waals surface area contributed by atoms with E-state index in [1.807, 2.05) is 7.05 Å². The number of benzene rings is 1. The van der Waals surface area contributed by atoms with E-state index in [1.54, 1.807) is 4.90 Å². The number of hydrogen-bond donors (Lipinski definition) is 1. The largest absolute Gasteiger partial charge is 0.484 e. The summed E-state index contributed by atoms with van der Waals surface area (Å²) in [6.45, 7) is 2.39. The molecular weight excluding hydrogens is 318 g/mol. The van der Waals surface area contributed by atoms with E-state index in [1.165, 1.54) is 18.2 Å². The molecule has 1 unspecified atom stereocenters. The van der Waals surface area contributed by atoms with Crippen LogP contribution in [0, 0.1) is 11.7 Å². The molecule has 1 atom stereocenters. The SMILES string of the molecule is CNCC1CCN(C(=O)COc2ccc(F)c(Cl)c2)C1.Cl. The second-order valence-electron chi connectivity index (χ2n) is 4.92. The smallest absolute Gasteiger partial charge is 0.260 e. The van der Waals surface area contributed by atoms with Gasteiger partial charge in [-0.2, -0.15) is 0 Å². The predicted molar refractivity (Wildman–Crippen MR) is 82.8 cm³/mol. The van der Waals surface area contributed by atoms with E-state index in [0.717, 1.165) is 26.1 Å². The maximum absolute atomic E-state index is 13.0. The zero-order valence-corrected chi connectivity index (χ0v) is 13.3. The fraction of sp³-hybridized carbons (Fsp3) is 0.500. The number of ether oxygens (including phenoxy) is 1. The van der Waals surface area contributed by atoms with Crippen molar-refractivity contribution in [3.8, 4) is 5.75 Å². The standard InChI is InChI=1S/C14H18ClFN2O2.ClH/c1-17-7-10-4-5-18(8-10)14(19)9-20-11-2-3-13(16)12(15)6-11;/h2-3,6,10,17H,4-5,7-9H2,1H3;1H. The quantitative estimate of drug-likeness (QED) is 0.897. The van der Waals surface area contributed by atoms with Crippen molar-refractivity contribution in [3.63, 3.8) is 0 Å². The Kier molecular flexibility index (Phi) is 7.22. The van der Waals surface area contributed by atoms with Crippen molar-refractivity contribution in [2.75, 3.05) is 33.3 Å². The van der Waals surface area contributed by atoms with Crippen LogP contribution in [0.5, 0.6) is 5.75 Å². The molecule has 1 aliphatic heterocycles. The molecule has 0 aliphatic carbocycles. The third-order valence-electron chi connectivity index (χ3n) is 3.38. The first-order valence-corrected chi connectivity index (χ1v) is 6.98. The third kappa shape index (κ3) is 5.02. The normalized spacial score (nSPS) is 17.5. The van der Waals surface area contributed by atoms with Gasteiger partial charge >= 0.3 is 0 Å². The lowest BCUT2D eigenvalue weighted by Gasteiger charge is -2.17. The maximum Gasteiger partial charge on any atom is 0.260 e. The van der Waals surface area contributed by atoms with Crippen LogP contribution in [-0.4, -0.2) is 44.1 Å². The van der Waals surface area contributed by atoms with Crippen LogP contribution in [-0.2, 0) is 4.79 Å². The van der Waals surface area contributed by atoms with E-state index < -0.39 is 5.82 Å². The number of rotatable bonds is 5. The fourth-order valence-electron chi connectivity index (χ4n) is 2.32. The minimum atomic E-state index is -0.500. The molecule has 1 saturated heterocycles. The van der Waals surface area contributed by atoms with Crippen LogP contribution in [0.3, 0.4) is 0 Å². The van der Waals surface area contributed by atoms with Gasteiger partial charge in [0, 0.05) is 19.2 Å². The lowest BCUT2D eigenvalue weighted by molar-refractivity contribution is -0.132. The van der Waals surface area contributed by atoms with Crippen molar-refractivity contribution in [2.24, 2.45) is 5.92 Å². The minimum absolute atomic E-state index is 0. The van der Waals surface area contributed by atoms with E-state index in [4.69, 9.17) is 16.3 Å². The number of likely N-dealkylation sites (tertiary alicyclic amines) is 1. The van der Waals surface area contributed by atoms with Gasteiger partial charge in [-0.25, -0.2) is 4.39 Å². The first-order chi connectivity index (χ1) is 9.60. The molecule has 2 rings (SSSR count). The van der Waals surface area contributed by atoms with Gasteiger partial charge in [0.25, 0.3) is 5.91 Å². The van der Waals surface area contributed by atoms with Crippen LogP contribution in [0.25, 0.3) is 0 Å². The van der Waals surface area contributed by atoms with Crippen LogP contribution < -0.4 is 10.1 Å². The Morgan fingerprint density at radius 2 is 2.33 bits per heavy atom. The fourth-order valence-corrected chi connectivity index (χ4v) is 2.49. The summed E-state index contributed by atoms with van der Waals surface area (Å²) in [5.74, 6) is 0.351. The van der Waals surface area contributed by atoms with Crippen molar-refractivity contribution in [1.29, 1.82) is 0 Å². The van der Waals surface area contributed by atoms with Gasteiger partial charge in [-0.3, -0.25) is 4.79 Å². The molecule has 0 aromatic heterocycles. The molecule has 1 N–H and O–H groups in total. The van der Waals surface area contributed by atoms with Crippen molar-refractivity contribution in [1.82, 2.24) is 10.2 Å². The Labute approximate surface area is 135 Å². The average molecular weight is 337 g/mol. The summed E-state index contributed by atoms with van der Waals surface area (Å²) in [5.41, 5.74) is 0. The van der Waals surface area contributed by atoms with E-state index >= 15 is 0 Å². The maximum atomic E-state index is 13.0. The Bertz CT molecular complexity index is 488. The van der Waals surface area contributed by atoms with Gasteiger partial charge in [0.15, 0.2) is 6.61 Å². The molecule has 1 aromatic rings. The second kappa shape index (κ2) is 8.41. The summed E-state index contributed by atoms with van der Waals surface area (Å²) in [4.78, 5) is 13.8. The summed E-state index contributed by atoms with van der Waals surface area (Å²) in [6, 6.07) is 4.06. The zero-order chi connectivity index (χ0) is 14.5. The molecule has 0 bridgehead atoms. The molecule has 7 heteroatoms. The summed E-state index contributed by atoms with van der Waals surface area (Å²) >= 11 is 5.65. The van der Waals surface area contributed by atoms with E-state index in [9.17, 15) is 9.18 Å². The third-order valence-corrected chi connectivity index (χ3v) is 3.67. The van der Waals surface area contributed by atoms with E-state index in [2.05, 4.69) is 5.32 Å². The molecule has 0 radical (unpaired) electrons. The second-order valence-corrected chi connectivity index (χ2v) is 5.32. The Morgan fingerprint density at radius 3 is 3.00 bits per heavy atom. The van der Waals surface area contributed by atoms with Crippen molar-refractivity contribution in [2.45, 2.75) is 6.42 Å².